The minimum absolute atomic E-state index is 0.213. The van der Waals surface area contributed by atoms with Crippen molar-refractivity contribution in [1.82, 2.24) is 15.2 Å². The first-order valence-corrected chi connectivity index (χ1v) is 9.66. The summed E-state index contributed by atoms with van der Waals surface area (Å²) in [4.78, 5) is 20.0. The monoisotopic (exact) mass is 341 g/mol. The number of nitrogens with one attached hydrogen (secondary N) is 1. The van der Waals surface area contributed by atoms with E-state index in [0.29, 0.717) is 18.9 Å². The Morgan fingerprint density at radius 3 is 2.64 bits per heavy atom. The standard InChI is InChI=1S/C20H27N3O2/c24-19(20(11-4-1-5-12-20)23-14-6-7-15-23)21-13-10-18-22-16-8-2-3-9-17(16)25-18/h2-3,8-9H,1,4-7,10-15H2,(H,21,24). The van der Waals surface area contributed by atoms with Crippen LogP contribution < -0.4 is 5.32 Å². The first-order valence-electron chi connectivity index (χ1n) is 9.66. The Morgan fingerprint density at radius 2 is 1.88 bits per heavy atom. The number of amides is 1. The second-order valence-corrected chi connectivity index (χ2v) is 7.37. The van der Waals surface area contributed by atoms with Crippen molar-refractivity contribution >= 4 is 17.0 Å². The summed E-state index contributed by atoms with van der Waals surface area (Å²) in [7, 11) is 0. The maximum Gasteiger partial charge on any atom is 0.240 e. The molecular weight excluding hydrogens is 314 g/mol. The fraction of sp³-hybridized carbons (Fsp3) is 0.600. The summed E-state index contributed by atoms with van der Waals surface area (Å²) in [6.07, 6.45) is 8.66. The minimum Gasteiger partial charge on any atom is -0.441 e. The molecule has 0 spiro atoms. The van der Waals surface area contributed by atoms with Crippen LogP contribution in [0.5, 0.6) is 0 Å². The lowest BCUT2D eigenvalue weighted by Gasteiger charge is -2.43. The molecule has 2 aliphatic rings. The van der Waals surface area contributed by atoms with Crippen molar-refractivity contribution in [2.75, 3.05) is 19.6 Å². The molecule has 134 valence electrons. The highest BCUT2D eigenvalue weighted by Crippen LogP contribution is 2.36. The van der Waals surface area contributed by atoms with Crippen LogP contribution in [0.2, 0.25) is 0 Å². The maximum absolute atomic E-state index is 13.1. The van der Waals surface area contributed by atoms with Crippen molar-refractivity contribution in [2.24, 2.45) is 0 Å². The summed E-state index contributed by atoms with van der Waals surface area (Å²) in [5.41, 5.74) is 1.42. The lowest BCUT2D eigenvalue weighted by molar-refractivity contribution is -0.135. The molecule has 1 aliphatic heterocycles. The number of likely N-dealkylation sites (tertiary alicyclic amines) is 1. The zero-order valence-corrected chi connectivity index (χ0v) is 14.8. The molecule has 1 aliphatic carbocycles. The summed E-state index contributed by atoms with van der Waals surface area (Å²) in [6.45, 7) is 2.72. The molecule has 2 fully saturated rings. The van der Waals surface area contributed by atoms with E-state index in [-0.39, 0.29) is 11.4 Å². The Labute approximate surface area is 148 Å². The zero-order chi connectivity index (χ0) is 17.1. The van der Waals surface area contributed by atoms with Gasteiger partial charge in [0.15, 0.2) is 11.5 Å². The second kappa shape index (κ2) is 7.16. The van der Waals surface area contributed by atoms with Crippen LogP contribution in [0.25, 0.3) is 11.1 Å². The van der Waals surface area contributed by atoms with Crippen molar-refractivity contribution in [2.45, 2.75) is 56.9 Å². The summed E-state index contributed by atoms with van der Waals surface area (Å²) in [5, 5.41) is 3.18. The Morgan fingerprint density at radius 1 is 1.12 bits per heavy atom. The highest BCUT2D eigenvalue weighted by molar-refractivity contribution is 5.86. The van der Waals surface area contributed by atoms with E-state index in [2.05, 4.69) is 15.2 Å². The van der Waals surface area contributed by atoms with E-state index in [9.17, 15) is 4.79 Å². The largest absolute Gasteiger partial charge is 0.441 e. The molecule has 2 aromatic rings. The fourth-order valence-corrected chi connectivity index (χ4v) is 4.44. The van der Waals surface area contributed by atoms with Gasteiger partial charge in [0.2, 0.25) is 5.91 Å². The van der Waals surface area contributed by atoms with Crippen LogP contribution in [-0.4, -0.2) is 41.0 Å². The van der Waals surface area contributed by atoms with Crippen LogP contribution in [0, 0.1) is 0 Å². The van der Waals surface area contributed by atoms with Crippen LogP contribution in [0.1, 0.15) is 50.8 Å². The van der Waals surface area contributed by atoms with Gasteiger partial charge >= 0.3 is 0 Å². The molecule has 2 heterocycles. The van der Waals surface area contributed by atoms with Gasteiger partial charge in [0, 0.05) is 13.0 Å². The van der Waals surface area contributed by atoms with E-state index in [1.54, 1.807) is 0 Å². The number of para-hydroxylation sites is 2. The maximum atomic E-state index is 13.1. The average molecular weight is 341 g/mol. The third-order valence-electron chi connectivity index (χ3n) is 5.78. The van der Waals surface area contributed by atoms with Gasteiger partial charge in [0.1, 0.15) is 11.1 Å². The second-order valence-electron chi connectivity index (χ2n) is 7.37. The number of oxazole rings is 1. The van der Waals surface area contributed by atoms with Crippen molar-refractivity contribution in [1.29, 1.82) is 0 Å². The van der Waals surface area contributed by atoms with Gasteiger partial charge < -0.3 is 9.73 Å². The number of hydrogen-bond acceptors (Lipinski definition) is 4. The lowest BCUT2D eigenvalue weighted by atomic mass is 9.79. The highest BCUT2D eigenvalue weighted by atomic mass is 16.3. The SMILES string of the molecule is O=C(NCCc1nc2ccccc2o1)C1(N2CCCC2)CCCCC1. The van der Waals surface area contributed by atoms with E-state index < -0.39 is 0 Å². The number of rotatable bonds is 5. The number of carbonyl (C=O) groups excluding carboxylic acids is 1. The van der Waals surface area contributed by atoms with Crippen molar-refractivity contribution < 1.29 is 9.21 Å². The minimum atomic E-state index is -0.268. The summed E-state index contributed by atoms with van der Waals surface area (Å²) >= 11 is 0. The number of fused-ring (bicyclic) bond motifs is 1. The summed E-state index contributed by atoms with van der Waals surface area (Å²) in [5.74, 6) is 0.908. The van der Waals surface area contributed by atoms with Gasteiger partial charge in [-0.25, -0.2) is 4.98 Å². The molecular formula is C20H27N3O2. The number of nitrogens with zero attached hydrogens (tertiary/aromatic N) is 2. The molecule has 5 nitrogen and oxygen atoms in total. The van der Waals surface area contributed by atoms with Gasteiger partial charge in [-0.05, 0) is 50.9 Å². The van der Waals surface area contributed by atoms with E-state index in [1.807, 2.05) is 24.3 Å². The van der Waals surface area contributed by atoms with Crippen LogP contribution >= 0.6 is 0 Å². The molecule has 0 bridgehead atoms. The normalized spacial score (nSPS) is 20.8. The van der Waals surface area contributed by atoms with Gasteiger partial charge in [-0.1, -0.05) is 31.4 Å². The molecule has 1 aromatic carbocycles. The third kappa shape index (κ3) is 3.30. The van der Waals surface area contributed by atoms with Gasteiger partial charge in [-0.15, -0.1) is 0 Å². The van der Waals surface area contributed by atoms with Gasteiger partial charge in [0.05, 0.1) is 0 Å². The van der Waals surface area contributed by atoms with E-state index in [0.717, 1.165) is 49.9 Å². The molecule has 0 atom stereocenters. The highest BCUT2D eigenvalue weighted by Gasteiger charge is 2.45. The third-order valence-corrected chi connectivity index (χ3v) is 5.78. The first kappa shape index (κ1) is 16.6. The molecule has 4 rings (SSSR count). The molecule has 1 saturated heterocycles. The van der Waals surface area contributed by atoms with Crippen LogP contribution in [-0.2, 0) is 11.2 Å². The molecule has 25 heavy (non-hydrogen) atoms. The summed E-state index contributed by atoms with van der Waals surface area (Å²) < 4.78 is 5.75. The predicted octanol–water partition coefficient (Wildman–Crippen LogP) is 3.29. The number of carbonyl (C=O) groups is 1. The fourth-order valence-electron chi connectivity index (χ4n) is 4.44. The Hall–Kier alpha value is -1.88. The zero-order valence-electron chi connectivity index (χ0n) is 14.8. The Balaban J connectivity index is 1.39. The molecule has 1 aromatic heterocycles. The van der Waals surface area contributed by atoms with Gasteiger partial charge in [-0.2, -0.15) is 0 Å². The molecule has 0 radical (unpaired) electrons. The Kier molecular flexibility index (Phi) is 4.75. The van der Waals surface area contributed by atoms with E-state index in [4.69, 9.17) is 4.42 Å². The molecule has 5 heteroatoms. The molecule has 1 amide bonds. The Bertz CT molecular complexity index is 694. The first-order chi connectivity index (χ1) is 12.3. The van der Waals surface area contributed by atoms with E-state index >= 15 is 0 Å². The number of hydrogen-bond donors (Lipinski definition) is 1. The molecule has 0 unspecified atom stereocenters. The quantitative estimate of drug-likeness (QED) is 0.907. The average Bonchev–Trinajstić information content (AvgIpc) is 3.32. The van der Waals surface area contributed by atoms with Gasteiger partial charge in [0.25, 0.3) is 0 Å². The smallest absolute Gasteiger partial charge is 0.240 e. The van der Waals surface area contributed by atoms with Crippen LogP contribution in [0.3, 0.4) is 0 Å². The lowest BCUT2D eigenvalue weighted by Crippen LogP contribution is -2.59. The van der Waals surface area contributed by atoms with Crippen molar-refractivity contribution in [3.63, 3.8) is 0 Å². The molecule has 1 saturated carbocycles. The number of aromatic nitrogens is 1. The molecule has 1 N–H and O–H groups in total. The topological polar surface area (TPSA) is 58.4 Å². The number of benzene rings is 1. The van der Waals surface area contributed by atoms with Crippen molar-refractivity contribution in [3.05, 3.63) is 30.2 Å². The van der Waals surface area contributed by atoms with Crippen molar-refractivity contribution in [3.8, 4) is 0 Å². The summed E-state index contributed by atoms with van der Waals surface area (Å²) in [6, 6.07) is 7.78. The van der Waals surface area contributed by atoms with Crippen LogP contribution in [0.15, 0.2) is 28.7 Å². The van der Waals surface area contributed by atoms with Crippen LogP contribution in [0.4, 0.5) is 0 Å². The van der Waals surface area contributed by atoms with E-state index in [1.165, 1.54) is 19.3 Å². The predicted molar refractivity (Wildman–Crippen MR) is 97.3 cm³/mol. The van der Waals surface area contributed by atoms with Gasteiger partial charge in [-0.3, -0.25) is 9.69 Å².